The Kier molecular flexibility index (Phi) is 3.97. The van der Waals surface area contributed by atoms with Gasteiger partial charge in [0.25, 0.3) is 0 Å². The van der Waals surface area contributed by atoms with Crippen molar-refractivity contribution in [2.75, 3.05) is 11.5 Å². The number of aromatic nitrogens is 2. The first kappa shape index (κ1) is 13.4. The lowest BCUT2D eigenvalue weighted by molar-refractivity contribution is 0.620. The minimum absolute atomic E-state index is 0.247. The number of fused-ring (bicyclic) bond motifs is 1. The highest BCUT2D eigenvalue weighted by Crippen LogP contribution is 2.18. The van der Waals surface area contributed by atoms with Gasteiger partial charge in [-0.05, 0) is 36.8 Å². The molecule has 0 bridgehead atoms. The van der Waals surface area contributed by atoms with Crippen molar-refractivity contribution in [1.82, 2.24) is 9.55 Å². The molecule has 6 heteroatoms. The number of halogens is 1. The summed E-state index contributed by atoms with van der Waals surface area (Å²) in [6.07, 6.45) is 0. The first-order chi connectivity index (χ1) is 8.52. The van der Waals surface area contributed by atoms with E-state index in [1.165, 1.54) is 6.07 Å². The molecule has 0 aliphatic carbocycles. The summed E-state index contributed by atoms with van der Waals surface area (Å²) in [7, 11) is -0.828. The van der Waals surface area contributed by atoms with Crippen LogP contribution in [0.2, 0.25) is 0 Å². The second-order valence-electron chi connectivity index (χ2n) is 4.13. The van der Waals surface area contributed by atoms with Crippen LogP contribution in [-0.4, -0.2) is 25.3 Å². The topological polar surface area (TPSA) is 37.8 Å². The average Bonchev–Trinajstić information content (AvgIpc) is 2.62. The number of nitrogens with one attached hydrogen (secondary N) is 1. The van der Waals surface area contributed by atoms with Gasteiger partial charge >= 0.3 is 0 Å². The SMILES string of the molecule is CCS(=O)CCn1c(=S)[nH]c2cc(F)c(C)cc21. The van der Waals surface area contributed by atoms with Crippen LogP contribution >= 0.6 is 12.2 Å². The van der Waals surface area contributed by atoms with Crippen molar-refractivity contribution in [3.05, 3.63) is 28.3 Å². The zero-order valence-electron chi connectivity index (χ0n) is 10.3. The standard InChI is InChI=1S/C12H15FN2OS2/c1-3-18(16)5-4-15-11-6-8(2)9(13)7-10(11)14-12(15)17/h6-7H,3-5H2,1-2H3,(H,14,17). The van der Waals surface area contributed by atoms with Crippen molar-refractivity contribution < 1.29 is 8.60 Å². The van der Waals surface area contributed by atoms with Crippen molar-refractivity contribution in [2.24, 2.45) is 0 Å². The van der Waals surface area contributed by atoms with E-state index >= 15 is 0 Å². The number of aromatic amines is 1. The molecule has 1 atom stereocenters. The maximum Gasteiger partial charge on any atom is 0.178 e. The molecule has 18 heavy (non-hydrogen) atoms. The predicted molar refractivity (Wildman–Crippen MR) is 75.4 cm³/mol. The Labute approximate surface area is 112 Å². The number of hydrogen-bond donors (Lipinski definition) is 1. The monoisotopic (exact) mass is 286 g/mol. The van der Waals surface area contributed by atoms with E-state index in [-0.39, 0.29) is 5.82 Å². The fraction of sp³-hybridized carbons (Fsp3) is 0.417. The fourth-order valence-electron chi connectivity index (χ4n) is 1.84. The molecule has 1 N–H and O–H groups in total. The van der Waals surface area contributed by atoms with E-state index in [0.717, 1.165) is 5.52 Å². The summed E-state index contributed by atoms with van der Waals surface area (Å²) in [5.74, 6) is 0.959. The molecule has 0 amide bonds. The average molecular weight is 286 g/mol. The maximum atomic E-state index is 13.4. The smallest absolute Gasteiger partial charge is 0.178 e. The van der Waals surface area contributed by atoms with Crippen LogP contribution in [0.1, 0.15) is 12.5 Å². The van der Waals surface area contributed by atoms with Gasteiger partial charge in [0.2, 0.25) is 0 Å². The highest BCUT2D eigenvalue weighted by molar-refractivity contribution is 7.84. The molecule has 1 heterocycles. The van der Waals surface area contributed by atoms with Gasteiger partial charge < -0.3 is 9.55 Å². The zero-order chi connectivity index (χ0) is 13.3. The van der Waals surface area contributed by atoms with Gasteiger partial charge in [0.05, 0.1) is 11.0 Å². The van der Waals surface area contributed by atoms with Crippen molar-refractivity contribution in [2.45, 2.75) is 20.4 Å². The number of hydrogen-bond acceptors (Lipinski definition) is 2. The summed E-state index contributed by atoms with van der Waals surface area (Å²) in [6.45, 7) is 4.20. The number of rotatable bonds is 4. The molecule has 1 aromatic heterocycles. The molecule has 1 aromatic carbocycles. The lowest BCUT2D eigenvalue weighted by Gasteiger charge is -2.04. The van der Waals surface area contributed by atoms with Gasteiger partial charge in [0.1, 0.15) is 5.82 Å². The Morgan fingerprint density at radius 2 is 2.22 bits per heavy atom. The Hall–Kier alpha value is -1.01. The van der Waals surface area contributed by atoms with E-state index in [1.807, 2.05) is 11.5 Å². The maximum absolute atomic E-state index is 13.4. The molecule has 0 saturated carbocycles. The van der Waals surface area contributed by atoms with Crippen molar-refractivity contribution >= 4 is 34.1 Å². The van der Waals surface area contributed by atoms with E-state index in [4.69, 9.17) is 12.2 Å². The Morgan fingerprint density at radius 1 is 1.50 bits per heavy atom. The minimum Gasteiger partial charge on any atom is -0.330 e. The summed E-state index contributed by atoms with van der Waals surface area (Å²) in [6, 6.07) is 3.22. The second-order valence-corrected chi connectivity index (χ2v) is 6.38. The van der Waals surface area contributed by atoms with Crippen molar-refractivity contribution in [1.29, 1.82) is 0 Å². The summed E-state index contributed by atoms with van der Waals surface area (Å²) in [5.41, 5.74) is 2.14. The number of benzene rings is 1. The van der Waals surface area contributed by atoms with Gasteiger partial charge in [0.15, 0.2) is 4.77 Å². The third-order valence-electron chi connectivity index (χ3n) is 2.92. The molecule has 0 aliphatic rings. The van der Waals surface area contributed by atoms with E-state index < -0.39 is 10.8 Å². The molecule has 0 saturated heterocycles. The van der Waals surface area contributed by atoms with Crippen LogP contribution in [0, 0.1) is 17.5 Å². The quantitative estimate of drug-likeness (QED) is 0.878. The molecule has 0 aliphatic heterocycles. The van der Waals surface area contributed by atoms with E-state index in [0.29, 0.717) is 33.9 Å². The van der Waals surface area contributed by atoms with Crippen LogP contribution in [0.4, 0.5) is 4.39 Å². The number of H-pyrrole nitrogens is 1. The lowest BCUT2D eigenvalue weighted by Crippen LogP contribution is -2.09. The molecular weight excluding hydrogens is 271 g/mol. The molecule has 98 valence electrons. The first-order valence-corrected chi connectivity index (χ1v) is 7.66. The van der Waals surface area contributed by atoms with Gasteiger partial charge in [-0.15, -0.1) is 0 Å². The minimum atomic E-state index is -0.828. The van der Waals surface area contributed by atoms with Crippen LogP contribution in [0.3, 0.4) is 0 Å². The summed E-state index contributed by atoms with van der Waals surface area (Å²) in [4.78, 5) is 2.98. The van der Waals surface area contributed by atoms with Gasteiger partial charge in [-0.1, -0.05) is 6.92 Å². The molecule has 2 rings (SSSR count). The number of nitrogens with zero attached hydrogens (tertiary/aromatic N) is 1. The zero-order valence-corrected chi connectivity index (χ0v) is 12.0. The number of aryl methyl sites for hydroxylation is 2. The molecule has 2 aromatic rings. The van der Waals surface area contributed by atoms with Crippen LogP contribution in [-0.2, 0) is 17.3 Å². The molecule has 0 fully saturated rings. The third kappa shape index (κ3) is 2.54. The van der Waals surface area contributed by atoms with E-state index in [2.05, 4.69) is 4.98 Å². The Bertz CT molecular complexity index is 660. The van der Waals surface area contributed by atoms with Crippen LogP contribution < -0.4 is 0 Å². The normalized spacial score (nSPS) is 13.1. The van der Waals surface area contributed by atoms with Gasteiger partial charge in [-0.2, -0.15) is 0 Å². The van der Waals surface area contributed by atoms with Crippen molar-refractivity contribution in [3.8, 4) is 0 Å². The summed E-state index contributed by atoms with van der Waals surface area (Å²) < 4.78 is 27.3. The largest absolute Gasteiger partial charge is 0.330 e. The van der Waals surface area contributed by atoms with E-state index in [1.54, 1.807) is 13.0 Å². The fourth-order valence-corrected chi connectivity index (χ4v) is 2.82. The molecule has 0 radical (unpaired) electrons. The Balaban J connectivity index is 2.44. The van der Waals surface area contributed by atoms with Gasteiger partial charge in [-0.25, -0.2) is 4.39 Å². The summed E-state index contributed by atoms with van der Waals surface area (Å²) >= 11 is 5.21. The lowest BCUT2D eigenvalue weighted by atomic mass is 10.2. The molecule has 1 unspecified atom stereocenters. The van der Waals surface area contributed by atoms with E-state index in [9.17, 15) is 8.60 Å². The van der Waals surface area contributed by atoms with Crippen LogP contribution in [0.15, 0.2) is 12.1 Å². The van der Waals surface area contributed by atoms with Gasteiger partial charge in [-0.3, -0.25) is 4.21 Å². The van der Waals surface area contributed by atoms with Crippen molar-refractivity contribution in [3.63, 3.8) is 0 Å². The van der Waals surface area contributed by atoms with Crippen LogP contribution in [0.5, 0.6) is 0 Å². The molecule has 3 nitrogen and oxygen atoms in total. The highest BCUT2D eigenvalue weighted by atomic mass is 32.2. The highest BCUT2D eigenvalue weighted by Gasteiger charge is 2.08. The Morgan fingerprint density at radius 3 is 2.89 bits per heavy atom. The van der Waals surface area contributed by atoms with Crippen LogP contribution in [0.25, 0.3) is 11.0 Å². The second kappa shape index (κ2) is 5.32. The number of imidazole rings is 1. The van der Waals surface area contributed by atoms with Gasteiger partial charge in [0, 0.05) is 28.9 Å². The summed E-state index contributed by atoms with van der Waals surface area (Å²) in [5, 5.41) is 0. The third-order valence-corrected chi connectivity index (χ3v) is 4.52. The molecular formula is C12H15FN2OS2. The molecule has 0 spiro atoms. The first-order valence-electron chi connectivity index (χ1n) is 5.76. The predicted octanol–water partition coefficient (Wildman–Crippen LogP) is 2.92.